The minimum atomic E-state index is 0.585. The van der Waals surface area contributed by atoms with Crippen LogP contribution >= 0.6 is 22.6 Å². The minimum Gasteiger partial charge on any atom is -0.330 e. The molecule has 0 aliphatic heterocycles. The fourth-order valence-corrected chi connectivity index (χ4v) is 1.63. The molecule has 78 valence electrons. The first kappa shape index (κ1) is 10.6. The molecule has 0 aliphatic rings. The van der Waals surface area contributed by atoms with Crippen LogP contribution in [-0.4, -0.2) is 21.7 Å². The van der Waals surface area contributed by atoms with Crippen molar-refractivity contribution in [2.24, 2.45) is 5.73 Å². The Morgan fingerprint density at radius 2 is 2.00 bits per heavy atom. The van der Waals surface area contributed by atoms with E-state index in [4.69, 9.17) is 5.73 Å². The van der Waals surface area contributed by atoms with Crippen molar-refractivity contribution in [3.8, 4) is 11.4 Å². The lowest BCUT2D eigenvalue weighted by Gasteiger charge is -1.94. The Labute approximate surface area is 101 Å². The molecule has 0 amide bonds. The molecule has 0 saturated heterocycles. The molecule has 15 heavy (non-hydrogen) atoms. The van der Waals surface area contributed by atoms with E-state index in [1.807, 2.05) is 24.3 Å². The average molecular weight is 314 g/mol. The van der Waals surface area contributed by atoms with Gasteiger partial charge in [-0.1, -0.05) is 12.1 Å². The highest BCUT2D eigenvalue weighted by atomic mass is 127. The molecule has 5 heteroatoms. The van der Waals surface area contributed by atoms with Crippen molar-refractivity contribution in [2.45, 2.75) is 6.42 Å². The maximum atomic E-state index is 5.44. The smallest absolute Gasteiger partial charge is 0.181 e. The molecule has 0 atom stereocenters. The van der Waals surface area contributed by atoms with Crippen molar-refractivity contribution in [1.82, 2.24) is 15.2 Å². The molecule has 0 bridgehead atoms. The van der Waals surface area contributed by atoms with Crippen LogP contribution in [0.3, 0.4) is 0 Å². The zero-order valence-corrected chi connectivity index (χ0v) is 10.2. The molecule has 4 nitrogen and oxygen atoms in total. The van der Waals surface area contributed by atoms with E-state index in [1.165, 1.54) is 3.57 Å². The first-order valence-electron chi connectivity index (χ1n) is 4.67. The molecule has 1 aromatic carbocycles. The highest BCUT2D eigenvalue weighted by Crippen LogP contribution is 2.16. The minimum absolute atomic E-state index is 0.585. The molecule has 2 aromatic rings. The van der Waals surface area contributed by atoms with E-state index in [0.717, 1.165) is 23.6 Å². The molecule has 2 rings (SSSR count). The summed E-state index contributed by atoms with van der Waals surface area (Å²) in [5.74, 6) is 1.57. The number of benzene rings is 1. The summed E-state index contributed by atoms with van der Waals surface area (Å²) >= 11 is 2.27. The van der Waals surface area contributed by atoms with Crippen LogP contribution in [0, 0.1) is 3.57 Å². The van der Waals surface area contributed by atoms with Gasteiger partial charge in [0.1, 0.15) is 5.82 Å². The molecule has 0 spiro atoms. The second kappa shape index (κ2) is 4.71. The number of aromatic amines is 1. The van der Waals surface area contributed by atoms with Crippen molar-refractivity contribution in [3.05, 3.63) is 33.7 Å². The van der Waals surface area contributed by atoms with Gasteiger partial charge in [-0.25, -0.2) is 4.98 Å². The van der Waals surface area contributed by atoms with Gasteiger partial charge in [0.2, 0.25) is 0 Å². The molecular weight excluding hydrogens is 303 g/mol. The van der Waals surface area contributed by atoms with Crippen molar-refractivity contribution in [2.75, 3.05) is 6.54 Å². The molecule has 0 unspecified atom stereocenters. The van der Waals surface area contributed by atoms with Gasteiger partial charge in [-0.05, 0) is 41.3 Å². The fourth-order valence-electron chi connectivity index (χ4n) is 1.27. The molecule has 0 saturated carbocycles. The lowest BCUT2D eigenvalue weighted by atomic mass is 10.2. The second-order valence-corrected chi connectivity index (χ2v) is 4.40. The van der Waals surface area contributed by atoms with Crippen LogP contribution in [0.4, 0.5) is 0 Å². The zero-order chi connectivity index (χ0) is 10.7. The third kappa shape index (κ3) is 2.54. The number of nitrogens with zero attached hydrogens (tertiary/aromatic N) is 2. The van der Waals surface area contributed by atoms with Crippen molar-refractivity contribution in [1.29, 1.82) is 0 Å². The first-order valence-corrected chi connectivity index (χ1v) is 5.75. The number of nitrogens with two attached hydrogens (primary N) is 1. The first-order chi connectivity index (χ1) is 7.29. The zero-order valence-electron chi connectivity index (χ0n) is 8.07. The summed E-state index contributed by atoms with van der Waals surface area (Å²) < 4.78 is 1.20. The van der Waals surface area contributed by atoms with Crippen molar-refractivity contribution >= 4 is 22.6 Å². The molecule has 1 aromatic heterocycles. The Morgan fingerprint density at radius 3 is 2.67 bits per heavy atom. The predicted octanol–water partition coefficient (Wildman–Crippen LogP) is 1.58. The number of H-pyrrole nitrogens is 1. The number of halogens is 1. The average Bonchev–Trinajstić information content (AvgIpc) is 2.68. The lowest BCUT2D eigenvalue weighted by molar-refractivity contribution is 0.874. The summed E-state index contributed by atoms with van der Waals surface area (Å²) in [6.45, 7) is 0.585. The third-order valence-corrected chi connectivity index (χ3v) is 2.73. The van der Waals surface area contributed by atoms with Gasteiger partial charge >= 0.3 is 0 Å². The number of nitrogens with one attached hydrogen (secondary N) is 1. The highest BCUT2D eigenvalue weighted by Gasteiger charge is 2.04. The standard InChI is InChI=1S/C10H11IN4/c11-8-3-1-7(2-4-8)10-13-9(5-6-12)14-15-10/h1-4H,5-6,12H2,(H,13,14,15). The SMILES string of the molecule is NCCc1nc(-c2ccc(I)cc2)n[nH]1. The molecular formula is C10H11IN4. The maximum Gasteiger partial charge on any atom is 0.181 e. The van der Waals surface area contributed by atoms with E-state index in [0.29, 0.717) is 6.54 Å². The van der Waals surface area contributed by atoms with Crippen LogP contribution in [0.25, 0.3) is 11.4 Å². The second-order valence-electron chi connectivity index (χ2n) is 3.15. The van der Waals surface area contributed by atoms with E-state index in [1.54, 1.807) is 0 Å². The van der Waals surface area contributed by atoms with Crippen LogP contribution < -0.4 is 5.73 Å². The van der Waals surface area contributed by atoms with Crippen molar-refractivity contribution < 1.29 is 0 Å². The van der Waals surface area contributed by atoms with Crippen LogP contribution in [-0.2, 0) is 6.42 Å². The van der Waals surface area contributed by atoms with Crippen LogP contribution in [0.1, 0.15) is 5.82 Å². The van der Waals surface area contributed by atoms with E-state index >= 15 is 0 Å². The number of hydrogen-bond acceptors (Lipinski definition) is 3. The number of rotatable bonds is 3. The Bertz CT molecular complexity index is 435. The Morgan fingerprint density at radius 1 is 1.27 bits per heavy atom. The summed E-state index contributed by atoms with van der Waals surface area (Å²) in [4.78, 5) is 4.35. The van der Waals surface area contributed by atoms with Crippen LogP contribution in [0.5, 0.6) is 0 Å². The van der Waals surface area contributed by atoms with Crippen molar-refractivity contribution in [3.63, 3.8) is 0 Å². The quantitative estimate of drug-likeness (QED) is 0.845. The van der Waals surface area contributed by atoms with E-state index in [-0.39, 0.29) is 0 Å². The maximum absolute atomic E-state index is 5.44. The Hall–Kier alpha value is -0.950. The van der Waals surface area contributed by atoms with E-state index < -0.39 is 0 Å². The van der Waals surface area contributed by atoms with Gasteiger partial charge in [-0.2, -0.15) is 5.10 Å². The molecule has 0 aliphatic carbocycles. The molecule has 0 fully saturated rings. The lowest BCUT2D eigenvalue weighted by Crippen LogP contribution is -2.03. The van der Waals surface area contributed by atoms with E-state index in [9.17, 15) is 0 Å². The van der Waals surface area contributed by atoms with Gasteiger partial charge in [-0.15, -0.1) is 0 Å². The third-order valence-electron chi connectivity index (χ3n) is 2.02. The van der Waals surface area contributed by atoms with Gasteiger partial charge in [0, 0.05) is 15.6 Å². The van der Waals surface area contributed by atoms with Gasteiger partial charge in [-0.3, -0.25) is 5.10 Å². The van der Waals surface area contributed by atoms with Crippen LogP contribution in [0.2, 0.25) is 0 Å². The fraction of sp³-hybridized carbons (Fsp3) is 0.200. The summed E-state index contributed by atoms with van der Waals surface area (Å²) in [6, 6.07) is 8.10. The predicted molar refractivity (Wildman–Crippen MR) is 67.3 cm³/mol. The van der Waals surface area contributed by atoms with Gasteiger partial charge in [0.25, 0.3) is 0 Å². The highest BCUT2D eigenvalue weighted by molar-refractivity contribution is 14.1. The Balaban J connectivity index is 2.25. The molecule has 1 heterocycles. The number of aromatic nitrogens is 3. The molecule has 3 N–H and O–H groups in total. The number of hydrogen-bond donors (Lipinski definition) is 2. The normalized spacial score (nSPS) is 10.5. The topological polar surface area (TPSA) is 67.6 Å². The van der Waals surface area contributed by atoms with E-state index in [2.05, 4.69) is 37.8 Å². The Kier molecular flexibility index (Phi) is 3.32. The largest absolute Gasteiger partial charge is 0.330 e. The van der Waals surface area contributed by atoms with Gasteiger partial charge < -0.3 is 5.73 Å². The summed E-state index contributed by atoms with van der Waals surface area (Å²) in [7, 11) is 0. The van der Waals surface area contributed by atoms with Gasteiger partial charge in [0.05, 0.1) is 0 Å². The molecule has 0 radical (unpaired) electrons. The summed E-state index contributed by atoms with van der Waals surface area (Å²) in [5.41, 5.74) is 6.46. The van der Waals surface area contributed by atoms with Gasteiger partial charge in [0.15, 0.2) is 5.82 Å². The summed E-state index contributed by atoms with van der Waals surface area (Å²) in [6.07, 6.45) is 0.734. The summed E-state index contributed by atoms with van der Waals surface area (Å²) in [5, 5.41) is 7.02. The van der Waals surface area contributed by atoms with Crippen LogP contribution in [0.15, 0.2) is 24.3 Å². The monoisotopic (exact) mass is 314 g/mol.